The summed E-state index contributed by atoms with van der Waals surface area (Å²) in [6.07, 6.45) is 0. The lowest BCUT2D eigenvalue weighted by atomic mass is 10.1. The molecule has 2 N–H and O–H groups in total. The molecule has 106 valence electrons. The Kier molecular flexibility index (Phi) is 4.71. The first-order valence-corrected chi connectivity index (χ1v) is 7.41. The van der Waals surface area contributed by atoms with Crippen molar-refractivity contribution >= 4 is 17.3 Å². The minimum absolute atomic E-state index is 0.0318. The number of nitrogens with two attached hydrogens (primary N) is 1. The van der Waals surface area contributed by atoms with Crippen LogP contribution in [0.3, 0.4) is 0 Å². The van der Waals surface area contributed by atoms with Gasteiger partial charge in [0, 0.05) is 38.3 Å². The quantitative estimate of drug-likeness (QED) is 0.925. The summed E-state index contributed by atoms with van der Waals surface area (Å²) < 4.78 is 0. The maximum atomic E-state index is 6.39. The Balaban J connectivity index is 2.07. The molecule has 0 radical (unpaired) electrons. The minimum Gasteiger partial charge on any atom is -0.368 e. The highest BCUT2D eigenvalue weighted by molar-refractivity contribution is 6.33. The van der Waals surface area contributed by atoms with E-state index in [1.54, 1.807) is 0 Å². The number of rotatable bonds is 3. The molecule has 0 saturated carbocycles. The highest BCUT2D eigenvalue weighted by Gasteiger charge is 2.20. The molecule has 1 aromatic rings. The number of nitrogens with zero attached hydrogens (tertiary/aromatic N) is 2. The highest BCUT2D eigenvalue weighted by atomic mass is 35.5. The zero-order valence-electron chi connectivity index (χ0n) is 12.1. The molecular formula is C15H24ClN3. The summed E-state index contributed by atoms with van der Waals surface area (Å²) in [6, 6.07) is 6.84. The van der Waals surface area contributed by atoms with Crippen molar-refractivity contribution < 1.29 is 0 Å². The highest BCUT2D eigenvalue weighted by Crippen LogP contribution is 2.29. The van der Waals surface area contributed by atoms with Gasteiger partial charge in [0.05, 0.1) is 10.7 Å². The van der Waals surface area contributed by atoms with Crippen LogP contribution in [0.2, 0.25) is 5.02 Å². The van der Waals surface area contributed by atoms with E-state index in [0.717, 1.165) is 42.5 Å². The summed E-state index contributed by atoms with van der Waals surface area (Å²) in [5, 5.41) is 0.813. The van der Waals surface area contributed by atoms with E-state index in [2.05, 4.69) is 35.8 Å². The first kappa shape index (κ1) is 14.6. The predicted octanol–water partition coefficient (Wildman–Crippen LogP) is 2.89. The summed E-state index contributed by atoms with van der Waals surface area (Å²) in [6.45, 7) is 10.8. The van der Waals surface area contributed by atoms with Crippen molar-refractivity contribution in [2.75, 3.05) is 31.1 Å². The van der Waals surface area contributed by atoms with Crippen LogP contribution in [0.4, 0.5) is 5.69 Å². The number of hydrogen-bond acceptors (Lipinski definition) is 3. The number of anilines is 1. The molecule has 19 heavy (non-hydrogen) atoms. The van der Waals surface area contributed by atoms with Crippen LogP contribution >= 0.6 is 11.6 Å². The molecule has 0 amide bonds. The van der Waals surface area contributed by atoms with E-state index >= 15 is 0 Å². The third-order valence-corrected chi connectivity index (χ3v) is 4.19. The second kappa shape index (κ2) is 6.12. The molecule has 4 heteroatoms. The van der Waals surface area contributed by atoms with Gasteiger partial charge >= 0.3 is 0 Å². The third-order valence-electron chi connectivity index (χ3n) is 3.88. The van der Waals surface area contributed by atoms with E-state index in [9.17, 15) is 0 Å². The van der Waals surface area contributed by atoms with E-state index in [1.807, 2.05) is 13.0 Å². The van der Waals surface area contributed by atoms with Crippen LogP contribution < -0.4 is 10.6 Å². The summed E-state index contributed by atoms with van der Waals surface area (Å²) >= 11 is 6.39. The Hall–Kier alpha value is -0.770. The van der Waals surface area contributed by atoms with Crippen molar-refractivity contribution in [1.82, 2.24) is 4.90 Å². The molecule has 1 fully saturated rings. The molecule has 1 saturated heterocycles. The van der Waals surface area contributed by atoms with Gasteiger partial charge in [0.2, 0.25) is 0 Å². The lowest BCUT2D eigenvalue weighted by Crippen LogP contribution is -2.49. The number of piperazine rings is 1. The standard InChI is InChI=1S/C15H24ClN3/c1-11(2)18-6-8-19(9-7-18)15-5-4-13(12(3)17)10-14(15)16/h4-5,10-12H,6-9,17H2,1-3H3/t12-/m0/s1. The zero-order valence-corrected chi connectivity index (χ0v) is 12.8. The number of benzene rings is 1. The van der Waals surface area contributed by atoms with Crippen molar-refractivity contribution in [2.24, 2.45) is 5.73 Å². The lowest BCUT2D eigenvalue weighted by Gasteiger charge is -2.38. The molecule has 1 atom stereocenters. The average molecular weight is 282 g/mol. The molecule has 0 aromatic heterocycles. The van der Waals surface area contributed by atoms with E-state index < -0.39 is 0 Å². The Bertz CT molecular complexity index is 423. The fourth-order valence-corrected chi connectivity index (χ4v) is 2.85. The summed E-state index contributed by atoms with van der Waals surface area (Å²) in [5.74, 6) is 0. The van der Waals surface area contributed by atoms with Crippen molar-refractivity contribution in [3.05, 3.63) is 28.8 Å². The third kappa shape index (κ3) is 3.41. The van der Waals surface area contributed by atoms with Gasteiger partial charge in [0.1, 0.15) is 0 Å². The van der Waals surface area contributed by atoms with Gasteiger partial charge in [-0.1, -0.05) is 17.7 Å². The molecule has 1 heterocycles. The van der Waals surface area contributed by atoms with Crippen molar-refractivity contribution in [3.63, 3.8) is 0 Å². The van der Waals surface area contributed by atoms with Gasteiger partial charge in [-0.2, -0.15) is 0 Å². The van der Waals surface area contributed by atoms with Gasteiger partial charge in [-0.05, 0) is 38.5 Å². The molecule has 2 rings (SSSR count). The van der Waals surface area contributed by atoms with Crippen LogP contribution in [0.1, 0.15) is 32.4 Å². The SMILES string of the molecule is CC(C)N1CCN(c2ccc([C@H](C)N)cc2Cl)CC1. The summed E-state index contributed by atoms with van der Waals surface area (Å²) in [7, 11) is 0. The van der Waals surface area contributed by atoms with E-state index in [0.29, 0.717) is 6.04 Å². The molecule has 0 spiro atoms. The molecule has 1 aromatic carbocycles. The summed E-state index contributed by atoms with van der Waals surface area (Å²) in [5.41, 5.74) is 8.11. The van der Waals surface area contributed by atoms with Gasteiger partial charge in [0.25, 0.3) is 0 Å². The van der Waals surface area contributed by atoms with Crippen molar-refractivity contribution in [1.29, 1.82) is 0 Å². The van der Waals surface area contributed by atoms with Crippen LogP contribution in [0.15, 0.2) is 18.2 Å². The first-order valence-electron chi connectivity index (χ1n) is 7.03. The lowest BCUT2D eigenvalue weighted by molar-refractivity contribution is 0.209. The maximum absolute atomic E-state index is 6.39. The smallest absolute Gasteiger partial charge is 0.0642 e. The Morgan fingerprint density at radius 2 is 1.74 bits per heavy atom. The Morgan fingerprint density at radius 1 is 1.11 bits per heavy atom. The molecule has 1 aliphatic heterocycles. The van der Waals surface area contributed by atoms with Crippen molar-refractivity contribution in [3.8, 4) is 0 Å². The van der Waals surface area contributed by atoms with Gasteiger partial charge in [-0.15, -0.1) is 0 Å². The molecule has 3 nitrogen and oxygen atoms in total. The molecule has 1 aliphatic rings. The molecule has 0 bridgehead atoms. The molecule has 0 aliphatic carbocycles. The monoisotopic (exact) mass is 281 g/mol. The van der Waals surface area contributed by atoms with Gasteiger partial charge in [0.15, 0.2) is 0 Å². The van der Waals surface area contributed by atoms with Crippen LogP contribution in [-0.2, 0) is 0 Å². The fourth-order valence-electron chi connectivity index (χ4n) is 2.54. The van der Waals surface area contributed by atoms with Crippen LogP contribution in [0.25, 0.3) is 0 Å². The minimum atomic E-state index is 0.0318. The topological polar surface area (TPSA) is 32.5 Å². The number of halogens is 1. The molecular weight excluding hydrogens is 258 g/mol. The van der Waals surface area contributed by atoms with Gasteiger partial charge in [-0.3, -0.25) is 4.90 Å². The van der Waals surface area contributed by atoms with E-state index in [-0.39, 0.29) is 6.04 Å². The summed E-state index contributed by atoms with van der Waals surface area (Å²) in [4.78, 5) is 4.87. The number of hydrogen-bond donors (Lipinski definition) is 1. The van der Waals surface area contributed by atoms with Gasteiger partial charge < -0.3 is 10.6 Å². The average Bonchev–Trinajstić information content (AvgIpc) is 2.38. The van der Waals surface area contributed by atoms with Crippen LogP contribution in [0, 0.1) is 0 Å². The maximum Gasteiger partial charge on any atom is 0.0642 e. The Morgan fingerprint density at radius 3 is 2.21 bits per heavy atom. The normalized spacial score (nSPS) is 18.9. The largest absolute Gasteiger partial charge is 0.368 e. The zero-order chi connectivity index (χ0) is 14.0. The second-order valence-corrected chi connectivity index (χ2v) is 6.02. The van der Waals surface area contributed by atoms with E-state index in [1.165, 1.54) is 0 Å². The fraction of sp³-hybridized carbons (Fsp3) is 0.600. The Labute approximate surface area is 121 Å². The predicted molar refractivity (Wildman–Crippen MR) is 83.0 cm³/mol. The second-order valence-electron chi connectivity index (χ2n) is 5.62. The first-order chi connectivity index (χ1) is 8.99. The van der Waals surface area contributed by atoms with Crippen LogP contribution in [-0.4, -0.2) is 37.1 Å². The van der Waals surface area contributed by atoms with Crippen LogP contribution in [0.5, 0.6) is 0 Å². The van der Waals surface area contributed by atoms with Gasteiger partial charge in [-0.25, -0.2) is 0 Å². The van der Waals surface area contributed by atoms with E-state index in [4.69, 9.17) is 17.3 Å². The van der Waals surface area contributed by atoms with Crippen molar-refractivity contribution in [2.45, 2.75) is 32.9 Å². The molecule has 0 unspecified atom stereocenters.